The first-order valence-electron chi connectivity index (χ1n) is 5.47. The van der Waals surface area contributed by atoms with Gasteiger partial charge in [0.15, 0.2) is 0 Å². The summed E-state index contributed by atoms with van der Waals surface area (Å²) < 4.78 is 0. The standard InChI is InChI=1S/C13H19N/c1-10(2)14-13(8-9-13)12-6-4-11(3)5-7-12/h4-7,10,14H,8-9H2,1-3H3. The highest BCUT2D eigenvalue weighted by molar-refractivity contribution is 5.32. The Morgan fingerprint density at radius 3 is 2.14 bits per heavy atom. The minimum absolute atomic E-state index is 0.307. The molecule has 1 aromatic carbocycles. The molecule has 1 fully saturated rings. The Labute approximate surface area is 86.5 Å². The van der Waals surface area contributed by atoms with Crippen LogP contribution in [0.2, 0.25) is 0 Å². The molecule has 1 heteroatoms. The van der Waals surface area contributed by atoms with Crippen molar-refractivity contribution >= 4 is 0 Å². The van der Waals surface area contributed by atoms with Crippen LogP contribution >= 0.6 is 0 Å². The molecular formula is C13H19N. The lowest BCUT2D eigenvalue weighted by Gasteiger charge is -2.20. The zero-order valence-electron chi connectivity index (χ0n) is 9.30. The van der Waals surface area contributed by atoms with E-state index in [9.17, 15) is 0 Å². The van der Waals surface area contributed by atoms with Crippen molar-refractivity contribution in [1.29, 1.82) is 0 Å². The van der Waals surface area contributed by atoms with Crippen molar-refractivity contribution in [2.45, 2.75) is 45.2 Å². The maximum Gasteiger partial charge on any atom is 0.0438 e. The van der Waals surface area contributed by atoms with Crippen LogP contribution < -0.4 is 5.32 Å². The highest BCUT2D eigenvalue weighted by Gasteiger charge is 2.44. The average Bonchev–Trinajstić information content (AvgIpc) is 2.85. The van der Waals surface area contributed by atoms with Crippen molar-refractivity contribution in [3.8, 4) is 0 Å². The van der Waals surface area contributed by atoms with Gasteiger partial charge in [-0.2, -0.15) is 0 Å². The van der Waals surface area contributed by atoms with E-state index in [4.69, 9.17) is 0 Å². The van der Waals surface area contributed by atoms with Crippen LogP contribution in [-0.4, -0.2) is 6.04 Å². The van der Waals surface area contributed by atoms with Crippen molar-refractivity contribution in [2.75, 3.05) is 0 Å². The smallest absolute Gasteiger partial charge is 0.0438 e. The number of benzene rings is 1. The fraction of sp³-hybridized carbons (Fsp3) is 0.538. The summed E-state index contributed by atoms with van der Waals surface area (Å²) >= 11 is 0. The Morgan fingerprint density at radius 2 is 1.71 bits per heavy atom. The number of aryl methyl sites for hydroxylation is 1. The third-order valence-corrected chi connectivity index (χ3v) is 2.92. The summed E-state index contributed by atoms with van der Waals surface area (Å²) in [6, 6.07) is 9.50. The number of nitrogens with one attached hydrogen (secondary N) is 1. The second kappa shape index (κ2) is 3.39. The van der Waals surface area contributed by atoms with Gasteiger partial charge in [0.1, 0.15) is 0 Å². The van der Waals surface area contributed by atoms with E-state index in [2.05, 4.69) is 50.4 Å². The minimum atomic E-state index is 0.307. The lowest BCUT2D eigenvalue weighted by molar-refractivity contribution is 0.461. The molecule has 0 saturated heterocycles. The van der Waals surface area contributed by atoms with Gasteiger partial charge in [0.25, 0.3) is 0 Å². The van der Waals surface area contributed by atoms with Crippen LogP contribution in [0.3, 0.4) is 0 Å². The van der Waals surface area contributed by atoms with Gasteiger partial charge < -0.3 is 5.32 Å². The molecule has 0 radical (unpaired) electrons. The first-order chi connectivity index (χ1) is 6.62. The van der Waals surface area contributed by atoms with Crippen molar-refractivity contribution in [2.24, 2.45) is 0 Å². The number of rotatable bonds is 3. The zero-order chi connectivity index (χ0) is 10.2. The van der Waals surface area contributed by atoms with Crippen LogP contribution in [0.25, 0.3) is 0 Å². The molecule has 1 nitrogen and oxygen atoms in total. The van der Waals surface area contributed by atoms with Gasteiger partial charge in [-0.15, -0.1) is 0 Å². The molecule has 14 heavy (non-hydrogen) atoms. The van der Waals surface area contributed by atoms with Crippen LogP contribution in [0.1, 0.15) is 37.8 Å². The maximum absolute atomic E-state index is 3.67. The molecule has 1 aliphatic carbocycles. The number of hydrogen-bond donors (Lipinski definition) is 1. The van der Waals surface area contributed by atoms with E-state index in [1.807, 2.05) is 0 Å². The fourth-order valence-electron chi connectivity index (χ4n) is 2.07. The molecule has 1 saturated carbocycles. The molecule has 76 valence electrons. The summed E-state index contributed by atoms with van der Waals surface area (Å²) in [4.78, 5) is 0. The van der Waals surface area contributed by atoms with Crippen LogP contribution in [-0.2, 0) is 5.54 Å². The van der Waals surface area contributed by atoms with Crippen molar-refractivity contribution in [3.05, 3.63) is 35.4 Å². The van der Waals surface area contributed by atoms with Crippen LogP contribution in [0.5, 0.6) is 0 Å². The Balaban J connectivity index is 2.18. The summed E-state index contributed by atoms with van der Waals surface area (Å²) in [5, 5.41) is 3.67. The third kappa shape index (κ3) is 1.83. The maximum atomic E-state index is 3.67. The third-order valence-electron chi connectivity index (χ3n) is 2.92. The average molecular weight is 189 g/mol. The molecule has 0 unspecified atom stereocenters. The second-order valence-corrected chi connectivity index (χ2v) is 4.75. The van der Waals surface area contributed by atoms with E-state index in [1.165, 1.54) is 24.0 Å². The fourth-order valence-corrected chi connectivity index (χ4v) is 2.07. The molecule has 0 heterocycles. The molecule has 1 aliphatic rings. The van der Waals surface area contributed by atoms with Gasteiger partial charge >= 0.3 is 0 Å². The van der Waals surface area contributed by atoms with Gasteiger partial charge in [-0.05, 0) is 25.3 Å². The molecule has 1 N–H and O–H groups in total. The molecular weight excluding hydrogens is 170 g/mol. The molecule has 0 bridgehead atoms. The Hall–Kier alpha value is -0.820. The van der Waals surface area contributed by atoms with E-state index in [-0.39, 0.29) is 0 Å². The molecule has 0 aromatic heterocycles. The molecule has 0 aliphatic heterocycles. The van der Waals surface area contributed by atoms with E-state index < -0.39 is 0 Å². The highest BCUT2D eigenvalue weighted by atomic mass is 15.0. The first-order valence-corrected chi connectivity index (χ1v) is 5.47. The lowest BCUT2D eigenvalue weighted by Crippen LogP contribution is -2.34. The lowest BCUT2D eigenvalue weighted by atomic mass is 10.0. The Morgan fingerprint density at radius 1 is 1.14 bits per heavy atom. The van der Waals surface area contributed by atoms with E-state index in [1.54, 1.807) is 0 Å². The largest absolute Gasteiger partial charge is 0.305 e. The zero-order valence-corrected chi connectivity index (χ0v) is 9.30. The van der Waals surface area contributed by atoms with Gasteiger partial charge in [0.05, 0.1) is 0 Å². The van der Waals surface area contributed by atoms with Gasteiger partial charge in [-0.25, -0.2) is 0 Å². The van der Waals surface area contributed by atoms with Gasteiger partial charge in [0.2, 0.25) is 0 Å². The molecule has 0 atom stereocenters. The predicted molar refractivity (Wildman–Crippen MR) is 60.4 cm³/mol. The van der Waals surface area contributed by atoms with E-state index >= 15 is 0 Å². The molecule has 1 aromatic rings. The summed E-state index contributed by atoms with van der Waals surface area (Å²) in [6.45, 7) is 6.57. The van der Waals surface area contributed by atoms with Crippen LogP contribution in [0.4, 0.5) is 0 Å². The highest BCUT2D eigenvalue weighted by Crippen LogP contribution is 2.45. The molecule has 0 spiro atoms. The van der Waals surface area contributed by atoms with Crippen LogP contribution in [0, 0.1) is 6.92 Å². The SMILES string of the molecule is Cc1ccc(C2(NC(C)C)CC2)cc1. The predicted octanol–water partition coefficient (Wildman–Crippen LogP) is 2.98. The van der Waals surface area contributed by atoms with Gasteiger partial charge in [-0.3, -0.25) is 0 Å². The first kappa shape index (κ1) is 9.72. The summed E-state index contributed by atoms with van der Waals surface area (Å²) in [6.07, 6.45) is 2.57. The second-order valence-electron chi connectivity index (χ2n) is 4.75. The van der Waals surface area contributed by atoms with Crippen LogP contribution in [0.15, 0.2) is 24.3 Å². The normalized spacial score (nSPS) is 18.6. The molecule has 0 amide bonds. The van der Waals surface area contributed by atoms with Crippen molar-refractivity contribution in [1.82, 2.24) is 5.32 Å². The summed E-state index contributed by atoms with van der Waals surface area (Å²) in [5.41, 5.74) is 3.10. The topological polar surface area (TPSA) is 12.0 Å². The minimum Gasteiger partial charge on any atom is -0.305 e. The van der Waals surface area contributed by atoms with Crippen molar-refractivity contribution < 1.29 is 0 Å². The van der Waals surface area contributed by atoms with E-state index in [0.717, 1.165) is 0 Å². The van der Waals surface area contributed by atoms with Crippen molar-refractivity contribution in [3.63, 3.8) is 0 Å². The quantitative estimate of drug-likeness (QED) is 0.770. The number of hydrogen-bond acceptors (Lipinski definition) is 1. The molecule has 2 rings (SSSR count). The monoisotopic (exact) mass is 189 g/mol. The van der Waals surface area contributed by atoms with Gasteiger partial charge in [-0.1, -0.05) is 43.7 Å². The Kier molecular flexibility index (Phi) is 2.36. The Bertz CT molecular complexity index is 307. The summed E-state index contributed by atoms with van der Waals surface area (Å²) in [5.74, 6) is 0. The summed E-state index contributed by atoms with van der Waals surface area (Å²) in [7, 11) is 0. The van der Waals surface area contributed by atoms with Gasteiger partial charge in [0, 0.05) is 11.6 Å². The van der Waals surface area contributed by atoms with E-state index in [0.29, 0.717) is 11.6 Å².